The third kappa shape index (κ3) is 2.56. The van der Waals surface area contributed by atoms with E-state index in [4.69, 9.17) is 0 Å². The molecule has 0 unspecified atom stereocenters. The largest absolute Gasteiger partial charge is 0.358 e. The summed E-state index contributed by atoms with van der Waals surface area (Å²) in [5, 5.41) is 10.0. The number of rotatable bonds is 4. The van der Waals surface area contributed by atoms with Crippen LogP contribution in [0.5, 0.6) is 0 Å². The molecule has 0 radical (unpaired) electrons. The van der Waals surface area contributed by atoms with Crippen molar-refractivity contribution in [2.24, 2.45) is 0 Å². The summed E-state index contributed by atoms with van der Waals surface area (Å²) < 4.78 is 1.74. The maximum absolute atomic E-state index is 11.2. The molecule has 0 aliphatic carbocycles. The summed E-state index contributed by atoms with van der Waals surface area (Å²) in [4.78, 5) is 11.2. The minimum Gasteiger partial charge on any atom is -0.358 e. The van der Waals surface area contributed by atoms with Crippen LogP contribution < -0.4 is 10.6 Å². The fourth-order valence-corrected chi connectivity index (χ4v) is 1.54. The van der Waals surface area contributed by atoms with Gasteiger partial charge in [0.2, 0.25) is 5.91 Å². The van der Waals surface area contributed by atoms with Gasteiger partial charge in [0.1, 0.15) is 6.54 Å². The standard InChI is InChI=1S/C10H18N4O/c1-7-9(5-11-3)8(2)14(13-7)6-10(15)12-4/h11H,5-6H2,1-4H3,(H,12,15). The number of nitrogens with one attached hydrogen (secondary N) is 2. The van der Waals surface area contributed by atoms with Gasteiger partial charge in [0, 0.05) is 24.8 Å². The van der Waals surface area contributed by atoms with Crippen LogP contribution in [0.25, 0.3) is 0 Å². The van der Waals surface area contributed by atoms with Crippen molar-refractivity contribution in [1.82, 2.24) is 20.4 Å². The lowest BCUT2D eigenvalue weighted by Gasteiger charge is -2.04. The van der Waals surface area contributed by atoms with Crippen LogP contribution in [0.15, 0.2) is 0 Å². The van der Waals surface area contributed by atoms with Gasteiger partial charge in [-0.1, -0.05) is 0 Å². The number of hydrogen-bond donors (Lipinski definition) is 2. The lowest BCUT2D eigenvalue weighted by molar-refractivity contribution is -0.121. The zero-order valence-electron chi connectivity index (χ0n) is 9.72. The van der Waals surface area contributed by atoms with Gasteiger partial charge in [-0.25, -0.2) is 0 Å². The molecule has 0 saturated heterocycles. The molecule has 0 spiro atoms. The van der Waals surface area contributed by atoms with Crippen molar-refractivity contribution in [2.75, 3.05) is 14.1 Å². The smallest absolute Gasteiger partial charge is 0.241 e. The summed E-state index contributed by atoms with van der Waals surface area (Å²) in [5.74, 6) is -0.0309. The summed E-state index contributed by atoms with van der Waals surface area (Å²) in [5.41, 5.74) is 3.19. The van der Waals surface area contributed by atoms with Gasteiger partial charge < -0.3 is 10.6 Å². The number of aryl methyl sites for hydroxylation is 1. The highest BCUT2D eigenvalue weighted by Crippen LogP contribution is 2.12. The molecule has 0 saturated carbocycles. The van der Waals surface area contributed by atoms with E-state index in [2.05, 4.69) is 15.7 Å². The predicted molar refractivity (Wildman–Crippen MR) is 58.5 cm³/mol. The van der Waals surface area contributed by atoms with Crippen LogP contribution in [-0.2, 0) is 17.9 Å². The Kier molecular flexibility index (Phi) is 3.85. The summed E-state index contributed by atoms with van der Waals surface area (Å²) in [6.07, 6.45) is 0. The SMILES string of the molecule is CNCc1c(C)nn(CC(=O)NC)c1C. The molecule has 15 heavy (non-hydrogen) atoms. The number of carbonyl (C=O) groups is 1. The van der Waals surface area contributed by atoms with E-state index in [9.17, 15) is 4.79 Å². The van der Waals surface area contributed by atoms with E-state index in [-0.39, 0.29) is 12.5 Å². The minimum absolute atomic E-state index is 0.0309. The Bertz CT molecular complexity index is 357. The second kappa shape index (κ2) is 4.93. The third-order valence-electron chi connectivity index (χ3n) is 2.46. The first-order valence-corrected chi connectivity index (χ1v) is 4.98. The molecular formula is C10H18N4O. The molecule has 0 fully saturated rings. The fraction of sp³-hybridized carbons (Fsp3) is 0.600. The average Bonchev–Trinajstić information content (AvgIpc) is 2.46. The Labute approximate surface area is 89.9 Å². The van der Waals surface area contributed by atoms with Gasteiger partial charge in [-0.15, -0.1) is 0 Å². The zero-order chi connectivity index (χ0) is 11.4. The summed E-state index contributed by atoms with van der Waals surface area (Å²) in [7, 11) is 3.53. The lowest BCUT2D eigenvalue weighted by Crippen LogP contribution is -2.24. The topological polar surface area (TPSA) is 59.0 Å². The van der Waals surface area contributed by atoms with Gasteiger partial charge in [0.15, 0.2) is 0 Å². The molecule has 1 amide bonds. The Hall–Kier alpha value is -1.36. The molecule has 5 nitrogen and oxygen atoms in total. The van der Waals surface area contributed by atoms with Crippen LogP contribution in [0, 0.1) is 13.8 Å². The molecule has 2 N–H and O–H groups in total. The van der Waals surface area contributed by atoms with E-state index < -0.39 is 0 Å². The quantitative estimate of drug-likeness (QED) is 0.733. The van der Waals surface area contributed by atoms with Crippen LogP contribution in [0.2, 0.25) is 0 Å². The van der Waals surface area contributed by atoms with Crippen molar-refractivity contribution in [3.8, 4) is 0 Å². The van der Waals surface area contributed by atoms with Crippen molar-refractivity contribution in [3.05, 3.63) is 17.0 Å². The van der Waals surface area contributed by atoms with E-state index in [0.717, 1.165) is 17.9 Å². The highest BCUT2D eigenvalue weighted by molar-refractivity contribution is 5.75. The lowest BCUT2D eigenvalue weighted by atomic mass is 10.2. The van der Waals surface area contributed by atoms with Gasteiger partial charge in [0.25, 0.3) is 0 Å². The molecule has 1 rings (SSSR count). The van der Waals surface area contributed by atoms with Crippen molar-refractivity contribution in [1.29, 1.82) is 0 Å². The number of aromatic nitrogens is 2. The molecule has 0 aliphatic rings. The van der Waals surface area contributed by atoms with Gasteiger partial charge >= 0.3 is 0 Å². The van der Waals surface area contributed by atoms with Crippen LogP contribution >= 0.6 is 0 Å². The summed E-state index contributed by atoms with van der Waals surface area (Å²) in [6.45, 7) is 5.01. The average molecular weight is 210 g/mol. The number of nitrogens with zero attached hydrogens (tertiary/aromatic N) is 2. The molecule has 84 valence electrons. The van der Waals surface area contributed by atoms with Gasteiger partial charge in [-0.3, -0.25) is 9.48 Å². The number of likely N-dealkylation sites (N-methyl/N-ethyl adjacent to an activating group) is 1. The van der Waals surface area contributed by atoms with Crippen molar-refractivity contribution in [3.63, 3.8) is 0 Å². The van der Waals surface area contributed by atoms with Crippen LogP contribution in [0.1, 0.15) is 17.0 Å². The van der Waals surface area contributed by atoms with E-state index in [1.807, 2.05) is 20.9 Å². The Morgan fingerprint density at radius 1 is 1.40 bits per heavy atom. The molecule has 5 heteroatoms. The van der Waals surface area contributed by atoms with Crippen molar-refractivity contribution < 1.29 is 4.79 Å². The molecule has 1 aromatic heterocycles. The first kappa shape index (κ1) is 11.7. The van der Waals surface area contributed by atoms with E-state index in [0.29, 0.717) is 0 Å². The van der Waals surface area contributed by atoms with Crippen LogP contribution in [-0.4, -0.2) is 29.8 Å². The van der Waals surface area contributed by atoms with Gasteiger partial charge in [-0.2, -0.15) is 5.10 Å². The van der Waals surface area contributed by atoms with Crippen molar-refractivity contribution >= 4 is 5.91 Å². The molecule has 0 atom stereocenters. The normalized spacial score (nSPS) is 10.4. The molecule has 1 aromatic rings. The molecule has 0 aliphatic heterocycles. The second-order valence-corrected chi connectivity index (χ2v) is 3.51. The monoisotopic (exact) mass is 210 g/mol. The third-order valence-corrected chi connectivity index (χ3v) is 2.46. The number of hydrogen-bond acceptors (Lipinski definition) is 3. The highest BCUT2D eigenvalue weighted by atomic mass is 16.1. The predicted octanol–water partition coefficient (Wildman–Crippen LogP) is -0.0347. The van der Waals surface area contributed by atoms with Crippen LogP contribution in [0.3, 0.4) is 0 Å². The fourth-order valence-electron chi connectivity index (χ4n) is 1.54. The summed E-state index contributed by atoms with van der Waals surface area (Å²) >= 11 is 0. The Morgan fingerprint density at radius 2 is 2.07 bits per heavy atom. The van der Waals surface area contributed by atoms with E-state index in [1.54, 1.807) is 11.7 Å². The molecule has 1 heterocycles. The second-order valence-electron chi connectivity index (χ2n) is 3.51. The first-order valence-electron chi connectivity index (χ1n) is 4.98. The minimum atomic E-state index is -0.0309. The zero-order valence-corrected chi connectivity index (χ0v) is 9.72. The maximum atomic E-state index is 11.2. The first-order chi connectivity index (χ1) is 7.10. The molecular weight excluding hydrogens is 192 g/mol. The maximum Gasteiger partial charge on any atom is 0.241 e. The molecule has 0 bridgehead atoms. The van der Waals surface area contributed by atoms with Crippen LogP contribution in [0.4, 0.5) is 0 Å². The Balaban J connectivity index is 2.90. The van der Waals surface area contributed by atoms with Gasteiger partial charge in [0.05, 0.1) is 5.69 Å². The highest BCUT2D eigenvalue weighted by Gasteiger charge is 2.12. The molecule has 0 aromatic carbocycles. The summed E-state index contributed by atoms with van der Waals surface area (Å²) in [6, 6.07) is 0. The number of amides is 1. The van der Waals surface area contributed by atoms with E-state index >= 15 is 0 Å². The Morgan fingerprint density at radius 3 is 2.60 bits per heavy atom. The van der Waals surface area contributed by atoms with E-state index in [1.165, 1.54) is 5.56 Å². The van der Waals surface area contributed by atoms with Gasteiger partial charge in [-0.05, 0) is 20.9 Å². The van der Waals surface area contributed by atoms with Crippen molar-refractivity contribution in [2.45, 2.75) is 26.9 Å². The number of carbonyl (C=O) groups excluding carboxylic acids is 1.